The number of guanidine groups is 1. The molecule has 0 aliphatic heterocycles. The molecule has 0 saturated carbocycles. The first-order valence-corrected chi connectivity index (χ1v) is 7.42. The number of benzene rings is 1. The fourth-order valence-corrected chi connectivity index (χ4v) is 2.04. The van der Waals surface area contributed by atoms with E-state index in [9.17, 15) is 5.11 Å². The van der Waals surface area contributed by atoms with Crippen LogP contribution in [0.1, 0.15) is 37.7 Å². The zero-order valence-electron chi connectivity index (χ0n) is 13.0. The molecule has 1 rings (SSSR count). The van der Waals surface area contributed by atoms with Crippen molar-refractivity contribution in [2.75, 3.05) is 26.7 Å². The number of aliphatic imine (C=N–C) groups is 1. The predicted octanol–water partition coefficient (Wildman–Crippen LogP) is 2.74. The third-order valence-corrected chi connectivity index (χ3v) is 3.30. The molecule has 0 amide bonds. The molecule has 0 bridgehead atoms. The Hall–Kier alpha value is -0.820. The van der Waals surface area contributed by atoms with E-state index >= 15 is 0 Å². The lowest BCUT2D eigenvalue weighted by molar-refractivity contribution is 0.265. The molecule has 4 nitrogen and oxygen atoms in total. The average Bonchev–Trinajstić information content (AvgIpc) is 2.51. The van der Waals surface area contributed by atoms with Gasteiger partial charge in [0.25, 0.3) is 0 Å². The molecule has 0 aromatic heterocycles. The van der Waals surface area contributed by atoms with Gasteiger partial charge < -0.3 is 15.7 Å². The highest BCUT2D eigenvalue weighted by Crippen LogP contribution is 2.13. The van der Waals surface area contributed by atoms with Gasteiger partial charge in [-0.15, -0.1) is 24.0 Å². The third kappa shape index (κ3) is 8.26. The number of aliphatic hydroxyl groups excluding tert-OH is 1. The zero-order valence-corrected chi connectivity index (χ0v) is 15.3. The average molecular weight is 405 g/mol. The molecule has 1 unspecified atom stereocenters. The third-order valence-electron chi connectivity index (χ3n) is 3.30. The van der Waals surface area contributed by atoms with Crippen molar-refractivity contribution in [2.24, 2.45) is 4.99 Å². The molecule has 5 heteroatoms. The lowest BCUT2D eigenvalue weighted by Gasteiger charge is -2.18. The fourth-order valence-electron chi connectivity index (χ4n) is 2.04. The van der Waals surface area contributed by atoms with Gasteiger partial charge in [-0.1, -0.05) is 50.1 Å². The minimum absolute atomic E-state index is 0. The van der Waals surface area contributed by atoms with Crippen molar-refractivity contribution < 1.29 is 5.11 Å². The van der Waals surface area contributed by atoms with Gasteiger partial charge in [-0.3, -0.25) is 4.99 Å². The number of halogens is 1. The summed E-state index contributed by atoms with van der Waals surface area (Å²) in [5, 5.41) is 16.1. The van der Waals surface area contributed by atoms with Gasteiger partial charge in [0.1, 0.15) is 0 Å². The van der Waals surface area contributed by atoms with Gasteiger partial charge in [-0.05, 0) is 12.0 Å². The summed E-state index contributed by atoms with van der Waals surface area (Å²) < 4.78 is 0. The maximum Gasteiger partial charge on any atom is 0.190 e. The molecule has 0 fully saturated rings. The molecule has 120 valence electrons. The van der Waals surface area contributed by atoms with E-state index < -0.39 is 0 Å². The van der Waals surface area contributed by atoms with E-state index in [4.69, 9.17) is 0 Å². The number of unbranched alkanes of at least 4 members (excludes halogenated alkanes) is 2. The molecule has 0 radical (unpaired) electrons. The molecular formula is C16H28IN3O. The Morgan fingerprint density at radius 1 is 1.19 bits per heavy atom. The molecule has 1 atom stereocenters. The number of aliphatic hydroxyl groups is 1. The van der Waals surface area contributed by atoms with Crippen molar-refractivity contribution in [1.29, 1.82) is 0 Å². The molecule has 1 aromatic carbocycles. The van der Waals surface area contributed by atoms with Gasteiger partial charge in [0.05, 0.1) is 6.61 Å². The summed E-state index contributed by atoms with van der Waals surface area (Å²) in [7, 11) is 1.77. The second-order valence-corrected chi connectivity index (χ2v) is 4.88. The monoisotopic (exact) mass is 405 g/mol. The highest BCUT2D eigenvalue weighted by Gasteiger charge is 2.10. The molecule has 0 heterocycles. The molecule has 0 aliphatic rings. The van der Waals surface area contributed by atoms with Crippen molar-refractivity contribution in [3.8, 4) is 0 Å². The van der Waals surface area contributed by atoms with E-state index in [0.717, 1.165) is 24.5 Å². The van der Waals surface area contributed by atoms with E-state index in [1.54, 1.807) is 7.05 Å². The smallest absolute Gasteiger partial charge is 0.190 e. The van der Waals surface area contributed by atoms with Crippen LogP contribution in [0.3, 0.4) is 0 Å². The molecule has 1 aromatic rings. The Labute approximate surface area is 145 Å². The van der Waals surface area contributed by atoms with Crippen molar-refractivity contribution in [2.45, 2.75) is 32.1 Å². The van der Waals surface area contributed by atoms with Crippen LogP contribution in [0.15, 0.2) is 35.3 Å². The van der Waals surface area contributed by atoms with Crippen LogP contribution in [0.2, 0.25) is 0 Å². The highest BCUT2D eigenvalue weighted by atomic mass is 127. The SMILES string of the molecule is CCCCCNC(=NC)NCC(CO)c1ccccc1.I. The number of nitrogens with zero attached hydrogens (tertiary/aromatic N) is 1. The molecule has 0 saturated heterocycles. The van der Waals surface area contributed by atoms with Crippen LogP contribution in [-0.2, 0) is 0 Å². The van der Waals surface area contributed by atoms with E-state index in [1.807, 2.05) is 30.3 Å². The molecule has 3 N–H and O–H groups in total. The maximum atomic E-state index is 9.51. The summed E-state index contributed by atoms with van der Waals surface area (Å²) in [4.78, 5) is 4.20. The minimum Gasteiger partial charge on any atom is -0.396 e. The van der Waals surface area contributed by atoms with Crippen molar-refractivity contribution in [1.82, 2.24) is 10.6 Å². The van der Waals surface area contributed by atoms with Crippen LogP contribution in [-0.4, -0.2) is 37.8 Å². The Balaban J connectivity index is 0.00000400. The lowest BCUT2D eigenvalue weighted by atomic mass is 10.0. The Morgan fingerprint density at radius 2 is 1.90 bits per heavy atom. The van der Waals surface area contributed by atoms with Crippen LogP contribution >= 0.6 is 24.0 Å². The molecule has 0 aliphatic carbocycles. The van der Waals surface area contributed by atoms with E-state index in [1.165, 1.54) is 12.8 Å². The summed E-state index contributed by atoms with van der Waals surface area (Å²) in [6.07, 6.45) is 3.60. The number of hydrogen-bond acceptors (Lipinski definition) is 2. The zero-order chi connectivity index (χ0) is 14.6. The van der Waals surface area contributed by atoms with Crippen LogP contribution in [0.4, 0.5) is 0 Å². The first-order chi connectivity index (χ1) is 9.81. The Bertz CT molecular complexity index is 384. The van der Waals surface area contributed by atoms with Crippen LogP contribution in [0.5, 0.6) is 0 Å². The minimum atomic E-state index is 0. The first-order valence-electron chi connectivity index (χ1n) is 7.42. The predicted molar refractivity (Wildman–Crippen MR) is 101 cm³/mol. The van der Waals surface area contributed by atoms with Gasteiger partial charge in [-0.25, -0.2) is 0 Å². The van der Waals surface area contributed by atoms with Gasteiger partial charge in [-0.2, -0.15) is 0 Å². The Morgan fingerprint density at radius 3 is 2.48 bits per heavy atom. The molecular weight excluding hydrogens is 377 g/mol. The van der Waals surface area contributed by atoms with Gasteiger partial charge >= 0.3 is 0 Å². The summed E-state index contributed by atoms with van der Waals surface area (Å²) in [5.74, 6) is 0.890. The normalized spacial score (nSPS) is 12.4. The fraction of sp³-hybridized carbons (Fsp3) is 0.562. The van der Waals surface area contributed by atoms with Gasteiger partial charge in [0, 0.05) is 26.1 Å². The van der Waals surface area contributed by atoms with Crippen LogP contribution in [0.25, 0.3) is 0 Å². The van der Waals surface area contributed by atoms with Gasteiger partial charge in [0.15, 0.2) is 5.96 Å². The van der Waals surface area contributed by atoms with Crippen LogP contribution in [0, 0.1) is 0 Å². The van der Waals surface area contributed by atoms with E-state index in [2.05, 4.69) is 22.5 Å². The second kappa shape index (κ2) is 12.9. The van der Waals surface area contributed by atoms with Crippen molar-refractivity contribution in [3.63, 3.8) is 0 Å². The molecule has 21 heavy (non-hydrogen) atoms. The summed E-state index contributed by atoms with van der Waals surface area (Å²) in [6, 6.07) is 10.1. The number of nitrogens with one attached hydrogen (secondary N) is 2. The number of hydrogen-bond donors (Lipinski definition) is 3. The Kier molecular flexibility index (Phi) is 12.4. The van der Waals surface area contributed by atoms with E-state index in [-0.39, 0.29) is 36.5 Å². The summed E-state index contributed by atoms with van der Waals surface area (Å²) in [5.41, 5.74) is 1.14. The lowest BCUT2D eigenvalue weighted by Crippen LogP contribution is -2.40. The second-order valence-electron chi connectivity index (χ2n) is 4.88. The standard InChI is InChI=1S/C16H27N3O.HI/c1-3-4-8-11-18-16(17-2)19-12-15(13-20)14-9-6-5-7-10-14;/h5-7,9-10,15,20H,3-4,8,11-13H2,1-2H3,(H2,17,18,19);1H. The molecule has 0 spiro atoms. The largest absolute Gasteiger partial charge is 0.396 e. The maximum absolute atomic E-state index is 9.51. The van der Waals surface area contributed by atoms with E-state index in [0.29, 0.717) is 6.54 Å². The van der Waals surface area contributed by atoms with Crippen molar-refractivity contribution in [3.05, 3.63) is 35.9 Å². The first kappa shape index (κ1) is 20.2. The summed E-state index contributed by atoms with van der Waals surface area (Å²) >= 11 is 0. The van der Waals surface area contributed by atoms with Crippen LogP contribution < -0.4 is 10.6 Å². The quantitative estimate of drug-likeness (QED) is 0.270. The highest BCUT2D eigenvalue weighted by molar-refractivity contribution is 14.0. The summed E-state index contributed by atoms with van der Waals surface area (Å²) in [6.45, 7) is 3.93. The van der Waals surface area contributed by atoms with Gasteiger partial charge in [0.2, 0.25) is 0 Å². The topological polar surface area (TPSA) is 56.7 Å². The number of rotatable bonds is 8. The van der Waals surface area contributed by atoms with Crippen molar-refractivity contribution >= 4 is 29.9 Å².